The van der Waals surface area contributed by atoms with Gasteiger partial charge in [-0.25, -0.2) is 0 Å². The first kappa shape index (κ1) is 34.8. The number of nitrogens with zero attached hydrogens (tertiary/aromatic N) is 2. The van der Waals surface area contributed by atoms with E-state index in [0.717, 1.165) is 11.7 Å². The van der Waals surface area contributed by atoms with Crippen LogP contribution in [0.5, 0.6) is 28.7 Å². The fraction of sp³-hybridized carbons (Fsp3) is 0.312. The third-order valence-electron chi connectivity index (χ3n) is 6.37. The van der Waals surface area contributed by atoms with E-state index in [4.69, 9.17) is 23.7 Å². The Balaban J connectivity index is 0.00000529. The maximum Gasteiger partial charge on any atom is 1.00 e. The summed E-state index contributed by atoms with van der Waals surface area (Å²) in [4.78, 5) is 27.0. The summed E-state index contributed by atoms with van der Waals surface area (Å²) in [5.74, 6) is -0.116. The molecule has 3 aromatic carbocycles. The third-order valence-corrected chi connectivity index (χ3v) is 6.92. The number of carbonyl (C=O) groups is 2. The van der Waals surface area contributed by atoms with Crippen molar-refractivity contribution in [2.24, 2.45) is 0 Å². The largest absolute Gasteiger partial charge is 1.00 e. The predicted octanol–water partition coefficient (Wildman–Crippen LogP) is 1.92. The van der Waals surface area contributed by atoms with Crippen LogP contribution in [0.1, 0.15) is 49.2 Å². The maximum atomic E-state index is 14.2. The Kier molecular flexibility index (Phi) is 12.2. The number of Topliss-reactive ketones (excluding diaryl/α,β-unsaturated/α-hetero) is 1. The van der Waals surface area contributed by atoms with Crippen molar-refractivity contribution < 1.29 is 67.9 Å². The van der Waals surface area contributed by atoms with Crippen molar-refractivity contribution in [3.05, 3.63) is 70.8 Å². The summed E-state index contributed by atoms with van der Waals surface area (Å²) in [5.41, 5.74) is 1.83. The molecule has 12 heteroatoms. The van der Waals surface area contributed by atoms with Gasteiger partial charge in [0, 0.05) is 23.1 Å². The molecular weight excluding hydrogens is 595 g/mol. The van der Waals surface area contributed by atoms with Crippen LogP contribution in [-0.4, -0.2) is 54.0 Å². The number of methoxy groups -OCH3 is 3. The van der Waals surface area contributed by atoms with E-state index in [0.29, 0.717) is 45.3 Å². The van der Waals surface area contributed by atoms with Gasteiger partial charge < -0.3 is 33.6 Å². The van der Waals surface area contributed by atoms with Crippen LogP contribution < -0.4 is 58.3 Å². The van der Waals surface area contributed by atoms with Crippen LogP contribution in [0.25, 0.3) is 16.6 Å². The number of carbonyl (C=O) groups excluding carboxylic acids is 2. The molecule has 0 amide bonds. The van der Waals surface area contributed by atoms with Gasteiger partial charge in [0.25, 0.3) is 0 Å². The van der Waals surface area contributed by atoms with Crippen LogP contribution >= 0.6 is 11.7 Å². The minimum absolute atomic E-state index is 0. The fourth-order valence-corrected chi connectivity index (χ4v) is 5.09. The van der Waals surface area contributed by atoms with Gasteiger partial charge in [-0.05, 0) is 81.3 Å². The number of carboxylic acids is 1. The van der Waals surface area contributed by atoms with Gasteiger partial charge in [0.15, 0.2) is 28.8 Å². The molecule has 0 spiro atoms. The third kappa shape index (κ3) is 7.89. The number of fused-ring (bicyclic) bond motifs is 1. The van der Waals surface area contributed by atoms with Crippen LogP contribution in [0.4, 0.5) is 0 Å². The topological polar surface area (TPSA) is 129 Å². The van der Waals surface area contributed by atoms with E-state index in [1.165, 1.54) is 27.4 Å². The molecule has 0 aliphatic rings. The first-order valence-electron chi connectivity index (χ1n) is 13.5. The first-order chi connectivity index (χ1) is 20.6. The summed E-state index contributed by atoms with van der Waals surface area (Å²) in [6, 6.07) is 12.9. The molecule has 0 saturated heterocycles. The minimum Gasteiger partial charge on any atom is -0.545 e. The fourth-order valence-electron chi connectivity index (χ4n) is 4.57. The number of aromatic nitrogens is 2. The summed E-state index contributed by atoms with van der Waals surface area (Å²) in [7, 11) is 4.44. The van der Waals surface area contributed by atoms with Gasteiger partial charge in [-0.1, -0.05) is 6.07 Å². The summed E-state index contributed by atoms with van der Waals surface area (Å²) < 4.78 is 36.9. The van der Waals surface area contributed by atoms with Crippen LogP contribution in [-0.2, 0) is 11.2 Å². The molecule has 0 aliphatic heterocycles. The predicted molar refractivity (Wildman–Crippen MR) is 161 cm³/mol. The number of benzene rings is 3. The van der Waals surface area contributed by atoms with Gasteiger partial charge in [0.1, 0.15) is 11.0 Å². The summed E-state index contributed by atoms with van der Waals surface area (Å²) in [6.07, 6.45) is -0.470. The second-order valence-corrected chi connectivity index (χ2v) is 10.7. The van der Waals surface area contributed by atoms with Gasteiger partial charge >= 0.3 is 29.6 Å². The van der Waals surface area contributed by atoms with Crippen molar-refractivity contribution in [2.75, 3.05) is 21.3 Å². The molecule has 0 atom stereocenters. The molecule has 226 valence electrons. The van der Waals surface area contributed by atoms with Gasteiger partial charge in [-0.3, -0.25) is 4.79 Å². The van der Waals surface area contributed by atoms with Crippen LogP contribution in [0.2, 0.25) is 0 Å². The number of aliphatic carboxylic acids is 1. The van der Waals surface area contributed by atoms with Gasteiger partial charge in [-0.2, -0.15) is 8.75 Å². The van der Waals surface area contributed by atoms with E-state index in [9.17, 15) is 14.7 Å². The number of rotatable bonds is 13. The van der Waals surface area contributed by atoms with Crippen LogP contribution in [0, 0.1) is 0 Å². The number of hydrogen-bond donors (Lipinski definition) is 0. The van der Waals surface area contributed by atoms with E-state index in [-0.39, 0.29) is 70.5 Å². The minimum atomic E-state index is -1.52. The monoisotopic (exact) mass is 628 g/mol. The molecule has 1 heterocycles. The molecule has 4 aromatic rings. The Morgan fingerprint density at radius 2 is 1.36 bits per heavy atom. The van der Waals surface area contributed by atoms with Crippen LogP contribution in [0.15, 0.2) is 54.1 Å². The van der Waals surface area contributed by atoms with E-state index < -0.39 is 11.8 Å². The number of hydrogen-bond acceptors (Lipinski definition) is 11. The molecule has 0 bridgehead atoms. The van der Waals surface area contributed by atoms with Crippen LogP contribution in [0.3, 0.4) is 0 Å². The van der Waals surface area contributed by atoms with E-state index in [1.54, 1.807) is 42.5 Å². The zero-order valence-corrected chi connectivity index (χ0v) is 28.9. The molecule has 0 aliphatic carbocycles. The van der Waals surface area contributed by atoms with Crippen molar-refractivity contribution in [2.45, 2.75) is 46.3 Å². The normalized spacial score (nSPS) is 11.6. The Bertz CT molecular complexity index is 1680. The first-order valence-corrected chi connectivity index (χ1v) is 14.3. The van der Waals surface area contributed by atoms with E-state index in [2.05, 4.69) is 8.75 Å². The zero-order valence-electron chi connectivity index (χ0n) is 26.0. The van der Waals surface area contributed by atoms with Crippen molar-refractivity contribution in [3.8, 4) is 28.7 Å². The average molecular weight is 629 g/mol. The second-order valence-electron chi connectivity index (χ2n) is 10.1. The molecule has 0 saturated carbocycles. The standard InChI is InChI=1S/C32H34N2O8S.Na/c1-17(2)41-28-14-19(13-27(40-7)31(28)42-18(3)4)12-22(30(35)21-9-11-25(38-5)26(16-21)39-6)29(32(36)37)20-8-10-23-24(15-20)34-43-33-23;/h8-11,13-18H,12H2,1-7H3,(H,36,37);/q;+1/p-1. The summed E-state index contributed by atoms with van der Waals surface area (Å²) in [6.45, 7) is 7.52. The maximum absolute atomic E-state index is 14.2. The molecule has 1 aromatic heterocycles. The summed E-state index contributed by atoms with van der Waals surface area (Å²) >= 11 is 1.01. The smallest absolute Gasteiger partial charge is 0.545 e. The summed E-state index contributed by atoms with van der Waals surface area (Å²) in [5, 5.41) is 12.8. The Morgan fingerprint density at radius 3 is 1.98 bits per heavy atom. The number of ketones is 1. The van der Waals surface area contributed by atoms with E-state index in [1.807, 2.05) is 27.7 Å². The Morgan fingerprint density at radius 1 is 0.750 bits per heavy atom. The number of allylic oxidation sites excluding steroid dienone is 1. The average Bonchev–Trinajstić information content (AvgIpc) is 3.44. The quantitative estimate of drug-likeness (QED) is 0.123. The zero-order chi connectivity index (χ0) is 31.3. The SMILES string of the molecule is COc1ccc(C(=O)C(Cc2cc(OC)c(OC(C)C)c(OC(C)C)c2)=C(C(=O)[O-])c2ccc3nsnc3c2)cc1OC.[Na+]. The van der Waals surface area contributed by atoms with Gasteiger partial charge in [0.2, 0.25) is 5.75 Å². The second kappa shape index (κ2) is 15.4. The molecule has 10 nitrogen and oxygen atoms in total. The number of carboxylic acid groups (broad SMARTS) is 1. The molecule has 0 unspecified atom stereocenters. The van der Waals surface area contributed by atoms with Gasteiger partial charge in [-0.15, -0.1) is 0 Å². The van der Waals surface area contributed by atoms with E-state index >= 15 is 0 Å². The Labute approximate surface area is 282 Å². The van der Waals surface area contributed by atoms with Crippen molar-refractivity contribution in [3.63, 3.8) is 0 Å². The van der Waals surface area contributed by atoms with Crippen molar-refractivity contribution in [1.82, 2.24) is 8.75 Å². The van der Waals surface area contributed by atoms with Gasteiger partial charge in [0.05, 0.1) is 51.2 Å². The molecule has 44 heavy (non-hydrogen) atoms. The molecule has 4 rings (SSSR count). The van der Waals surface area contributed by atoms with Crippen molar-refractivity contribution >= 4 is 40.1 Å². The molecule has 0 fully saturated rings. The number of ether oxygens (including phenoxy) is 5. The molecule has 0 N–H and O–H groups in total. The molecular formula is C32H33N2NaO8S. The molecule has 0 radical (unpaired) electrons. The van der Waals surface area contributed by atoms with Crippen molar-refractivity contribution in [1.29, 1.82) is 0 Å². The Hall–Kier alpha value is -3.64.